The molecule has 1 saturated heterocycles. The van der Waals surface area contributed by atoms with Crippen molar-refractivity contribution in [2.24, 2.45) is 5.92 Å². The highest BCUT2D eigenvalue weighted by Gasteiger charge is 2.42. The van der Waals surface area contributed by atoms with Crippen LogP contribution in [0.15, 0.2) is 0 Å². The Hall–Kier alpha value is -0.610. The molecular weight excluding hydrogens is 172 g/mol. The van der Waals surface area contributed by atoms with Gasteiger partial charge in [0, 0.05) is 13.0 Å². The van der Waals surface area contributed by atoms with E-state index in [9.17, 15) is 9.90 Å². The van der Waals surface area contributed by atoms with Gasteiger partial charge < -0.3 is 14.6 Å². The maximum atomic E-state index is 11.2. The van der Waals surface area contributed by atoms with Gasteiger partial charge in [-0.2, -0.15) is 0 Å². The van der Waals surface area contributed by atoms with E-state index < -0.39 is 18.2 Å². The number of aliphatic hydroxyl groups is 1. The first-order chi connectivity index (χ1) is 6.11. The molecule has 0 aromatic heterocycles. The van der Waals surface area contributed by atoms with Crippen LogP contribution in [0.1, 0.15) is 20.3 Å². The normalized spacial score (nSPS) is 40.2. The second-order valence-corrected chi connectivity index (χ2v) is 3.39. The van der Waals surface area contributed by atoms with Crippen LogP contribution in [0.2, 0.25) is 0 Å². The van der Waals surface area contributed by atoms with Crippen LogP contribution in [-0.2, 0) is 14.3 Å². The minimum atomic E-state index is -0.821. The number of aliphatic hydroxyl groups excluding tert-OH is 1. The summed E-state index contributed by atoms with van der Waals surface area (Å²) >= 11 is 0. The maximum Gasteiger partial charge on any atom is 0.338 e. The first-order valence-electron chi connectivity index (χ1n) is 4.53. The SMILES string of the molecule is CC[C@H]1OC(=O)[C@@H](OC)[C@H](O)[C@H]1C. The van der Waals surface area contributed by atoms with E-state index in [0.717, 1.165) is 6.42 Å². The zero-order valence-corrected chi connectivity index (χ0v) is 8.19. The lowest BCUT2D eigenvalue weighted by molar-refractivity contribution is -0.193. The quantitative estimate of drug-likeness (QED) is 0.635. The van der Waals surface area contributed by atoms with E-state index in [4.69, 9.17) is 9.47 Å². The van der Waals surface area contributed by atoms with Crippen LogP contribution in [0, 0.1) is 5.92 Å². The Kier molecular flexibility index (Phi) is 3.27. The molecule has 0 aromatic carbocycles. The van der Waals surface area contributed by atoms with Crippen LogP contribution < -0.4 is 0 Å². The molecule has 0 unspecified atom stereocenters. The van der Waals surface area contributed by atoms with Gasteiger partial charge in [-0.1, -0.05) is 13.8 Å². The molecule has 0 radical (unpaired) electrons. The molecule has 0 aliphatic carbocycles. The number of carbonyl (C=O) groups excluding carboxylic acids is 1. The molecule has 1 fully saturated rings. The van der Waals surface area contributed by atoms with Gasteiger partial charge in [-0.05, 0) is 6.42 Å². The van der Waals surface area contributed by atoms with Gasteiger partial charge in [-0.3, -0.25) is 0 Å². The molecule has 4 heteroatoms. The third-order valence-electron chi connectivity index (χ3n) is 2.59. The van der Waals surface area contributed by atoms with Gasteiger partial charge in [0.15, 0.2) is 6.10 Å². The first kappa shape index (κ1) is 10.5. The third kappa shape index (κ3) is 1.84. The van der Waals surface area contributed by atoms with Crippen LogP contribution in [0.25, 0.3) is 0 Å². The third-order valence-corrected chi connectivity index (χ3v) is 2.59. The van der Waals surface area contributed by atoms with Gasteiger partial charge in [-0.25, -0.2) is 4.79 Å². The van der Waals surface area contributed by atoms with Crippen LogP contribution in [0.4, 0.5) is 0 Å². The van der Waals surface area contributed by atoms with Gasteiger partial charge in [0.05, 0.1) is 6.10 Å². The molecular formula is C9H16O4. The summed E-state index contributed by atoms with van der Waals surface area (Å²) in [5.74, 6) is -0.521. The zero-order chi connectivity index (χ0) is 10.0. The highest BCUT2D eigenvalue weighted by atomic mass is 16.6. The smallest absolute Gasteiger partial charge is 0.338 e. The predicted octanol–water partition coefficient (Wildman–Crippen LogP) is 0.334. The van der Waals surface area contributed by atoms with E-state index in [1.165, 1.54) is 7.11 Å². The molecule has 1 heterocycles. The highest BCUT2D eigenvalue weighted by molar-refractivity contribution is 5.76. The van der Waals surface area contributed by atoms with Crippen LogP contribution >= 0.6 is 0 Å². The van der Waals surface area contributed by atoms with Crippen molar-refractivity contribution in [2.45, 2.75) is 38.6 Å². The minimum absolute atomic E-state index is 0.0624. The van der Waals surface area contributed by atoms with Gasteiger partial charge in [0.2, 0.25) is 0 Å². The van der Waals surface area contributed by atoms with E-state index in [1.54, 1.807) is 0 Å². The van der Waals surface area contributed by atoms with Gasteiger partial charge in [0.25, 0.3) is 0 Å². The van der Waals surface area contributed by atoms with Crippen molar-refractivity contribution < 1.29 is 19.4 Å². The lowest BCUT2D eigenvalue weighted by Gasteiger charge is -2.36. The van der Waals surface area contributed by atoms with E-state index in [2.05, 4.69) is 0 Å². The summed E-state index contributed by atoms with van der Waals surface area (Å²) in [5.41, 5.74) is 0. The monoisotopic (exact) mass is 188 g/mol. The summed E-state index contributed by atoms with van der Waals surface area (Å²) < 4.78 is 9.95. The van der Waals surface area contributed by atoms with E-state index in [-0.39, 0.29) is 12.0 Å². The fourth-order valence-corrected chi connectivity index (χ4v) is 1.65. The molecule has 0 bridgehead atoms. The molecule has 76 valence electrons. The maximum absolute atomic E-state index is 11.2. The molecule has 1 aliphatic rings. The van der Waals surface area contributed by atoms with Crippen molar-refractivity contribution in [3.63, 3.8) is 0 Å². The summed E-state index contributed by atoms with van der Waals surface area (Å²) in [6.07, 6.45) is -1.04. The van der Waals surface area contributed by atoms with Crippen molar-refractivity contribution in [2.75, 3.05) is 7.11 Å². The summed E-state index contributed by atoms with van der Waals surface area (Å²) in [6, 6.07) is 0. The number of esters is 1. The Balaban J connectivity index is 2.72. The van der Waals surface area contributed by atoms with E-state index >= 15 is 0 Å². The van der Waals surface area contributed by atoms with Crippen molar-refractivity contribution in [3.8, 4) is 0 Å². The van der Waals surface area contributed by atoms with Crippen molar-refractivity contribution >= 4 is 5.97 Å². The molecule has 13 heavy (non-hydrogen) atoms. The molecule has 0 spiro atoms. The van der Waals surface area contributed by atoms with Crippen LogP contribution in [0.5, 0.6) is 0 Å². The van der Waals surface area contributed by atoms with Gasteiger partial charge in [0.1, 0.15) is 6.10 Å². The van der Waals surface area contributed by atoms with Crippen LogP contribution in [-0.4, -0.2) is 36.5 Å². The summed E-state index contributed by atoms with van der Waals surface area (Å²) in [4.78, 5) is 11.2. The Morgan fingerprint density at radius 1 is 1.62 bits per heavy atom. The average molecular weight is 188 g/mol. The Bertz CT molecular complexity index is 192. The molecule has 0 aromatic rings. The highest BCUT2D eigenvalue weighted by Crippen LogP contribution is 2.25. The molecule has 0 saturated carbocycles. The fourth-order valence-electron chi connectivity index (χ4n) is 1.65. The van der Waals surface area contributed by atoms with E-state index in [1.807, 2.05) is 13.8 Å². The molecule has 1 N–H and O–H groups in total. The minimum Gasteiger partial charge on any atom is -0.460 e. The number of cyclic esters (lactones) is 1. The van der Waals surface area contributed by atoms with Gasteiger partial charge >= 0.3 is 5.97 Å². The van der Waals surface area contributed by atoms with Crippen molar-refractivity contribution in [3.05, 3.63) is 0 Å². The predicted molar refractivity (Wildman–Crippen MR) is 46.1 cm³/mol. The fraction of sp³-hybridized carbons (Fsp3) is 0.889. The van der Waals surface area contributed by atoms with E-state index in [0.29, 0.717) is 0 Å². The Morgan fingerprint density at radius 2 is 2.23 bits per heavy atom. The summed E-state index contributed by atoms with van der Waals surface area (Å²) in [6.45, 7) is 3.78. The second kappa shape index (κ2) is 4.07. The molecule has 1 rings (SSSR count). The van der Waals surface area contributed by atoms with Crippen molar-refractivity contribution in [1.29, 1.82) is 0 Å². The number of methoxy groups -OCH3 is 1. The Labute approximate surface area is 77.8 Å². The number of ether oxygens (including phenoxy) is 2. The number of hydrogen-bond donors (Lipinski definition) is 1. The molecule has 4 atom stereocenters. The average Bonchev–Trinajstić information content (AvgIpc) is 2.12. The lowest BCUT2D eigenvalue weighted by Crippen LogP contribution is -2.51. The van der Waals surface area contributed by atoms with Gasteiger partial charge in [-0.15, -0.1) is 0 Å². The molecule has 4 nitrogen and oxygen atoms in total. The van der Waals surface area contributed by atoms with Crippen LogP contribution in [0.3, 0.4) is 0 Å². The molecule has 0 amide bonds. The second-order valence-electron chi connectivity index (χ2n) is 3.39. The first-order valence-corrected chi connectivity index (χ1v) is 4.53. The topological polar surface area (TPSA) is 55.8 Å². The van der Waals surface area contributed by atoms with Crippen molar-refractivity contribution in [1.82, 2.24) is 0 Å². The number of rotatable bonds is 2. The standard InChI is InChI=1S/C9H16O4/c1-4-6-5(2)7(10)8(12-3)9(11)13-6/h5-8,10H,4H2,1-3H3/t5-,6+,7+,8-/m0/s1. The zero-order valence-electron chi connectivity index (χ0n) is 8.19. The summed E-state index contributed by atoms with van der Waals surface area (Å²) in [5, 5.41) is 9.68. The number of hydrogen-bond acceptors (Lipinski definition) is 4. The number of carbonyl (C=O) groups is 1. The summed E-state index contributed by atoms with van der Waals surface area (Å²) in [7, 11) is 1.40. The Morgan fingerprint density at radius 3 is 2.69 bits per heavy atom. The largest absolute Gasteiger partial charge is 0.460 e. The molecule has 1 aliphatic heterocycles. The lowest BCUT2D eigenvalue weighted by atomic mass is 9.90.